The maximum atomic E-state index is 12.1. The molecule has 0 aliphatic heterocycles. The number of methoxy groups -OCH3 is 1. The van der Waals surface area contributed by atoms with E-state index in [4.69, 9.17) is 9.15 Å². The molecule has 0 aliphatic carbocycles. The molecule has 23 heavy (non-hydrogen) atoms. The van der Waals surface area contributed by atoms with E-state index in [2.05, 4.69) is 5.32 Å². The lowest BCUT2D eigenvalue weighted by molar-refractivity contribution is -0.117. The summed E-state index contributed by atoms with van der Waals surface area (Å²) >= 11 is 0. The highest BCUT2D eigenvalue weighted by molar-refractivity contribution is 6.01. The minimum Gasteiger partial charge on any atom is -0.496 e. The summed E-state index contributed by atoms with van der Waals surface area (Å²) in [4.78, 5) is 12.1. The van der Waals surface area contributed by atoms with Crippen LogP contribution in [0.25, 0.3) is 6.08 Å². The zero-order valence-electron chi connectivity index (χ0n) is 13.1. The number of hydrogen-bond donors (Lipinski definition) is 1. The van der Waals surface area contributed by atoms with Crippen molar-refractivity contribution in [2.45, 2.75) is 19.9 Å². The topological polar surface area (TPSA) is 75.3 Å². The molecular weight excluding hydrogens is 292 g/mol. The third-order valence-electron chi connectivity index (χ3n) is 3.36. The Bertz CT molecular complexity index is 740. The molecule has 118 valence electrons. The predicted octanol–water partition coefficient (Wildman–Crippen LogP) is 3.07. The molecule has 0 saturated heterocycles. The molecule has 0 unspecified atom stereocenters. The highest BCUT2D eigenvalue weighted by Crippen LogP contribution is 2.21. The van der Waals surface area contributed by atoms with Crippen LogP contribution in [-0.2, 0) is 17.8 Å². The molecule has 5 nitrogen and oxygen atoms in total. The van der Waals surface area contributed by atoms with Crippen LogP contribution >= 0.6 is 0 Å². The second-order valence-electron chi connectivity index (χ2n) is 4.86. The van der Waals surface area contributed by atoms with Gasteiger partial charge in [-0.05, 0) is 47.9 Å². The smallest absolute Gasteiger partial charge is 0.262 e. The average molecular weight is 310 g/mol. The molecule has 0 aliphatic rings. The van der Waals surface area contributed by atoms with E-state index < -0.39 is 5.91 Å². The number of benzene rings is 1. The highest BCUT2D eigenvalue weighted by atomic mass is 16.5. The Morgan fingerprint density at radius 3 is 2.87 bits per heavy atom. The minimum absolute atomic E-state index is 0.0452. The van der Waals surface area contributed by atoms with Gasteiger partial charge in [0, 0.05) is 0 Å². The van der Waals surface area contributed by atoms with Gasteiger partial charge in [-0.1, -0.05) is 13.0 Å². The van der Waals surface area contributed by atoms with Crippen molar-refractivity contribution < 1.29 is 13.9 Å². The fraction of sp³-hybridized carbons (Fsp3) is 0.222. The lowest BCUT2D eigenvalue weighted by atomic mass is 10.1. The molecule has 1 amide bonds. The second kappa shape index (κ2) is 7.85. The fourth-order valence-corrected chi connectivity index (χ4v) is 2.16. The Balaban J connectivity index is 2.14. The van der Waals surface area contributed by atoms with Gasteiger partial charge in [0.1, 0.15) is 23.2 Å². The first-order chi connectivity index (χ1) is 11.2. The van der Waals surface area contributed by atoms with Crippen LogP contribution in [0.15, 0.2) is 46.6 Å². The number of nitrogens with one attached hydrogen (secondary N) is 1. The van der Waals surface area contributed by atoms with E-state index >= 15 is 0 Å². The number of hydrogen-bond acceptors (Lipinski definition) is 4. The normalized spacial score (nSPS) is 10.9. The Kier molecular flexibility index (Phi) is 5.59. The molecule has 1 N–H and O–H groups in total. The van der Waals surface area contributed by atoms with Crippen molar-refractivity contribution in [3.63, 3.8) is 0 Å². The van der Waals surface area contributed by atoms with Crippen LogP contribution in [0, 0.1) is 11.3 Å². The first-order valence-electron chi connectivity index (χ1n) is 7.27. The van der Waals surface area contributed by atoms with Crippen molar-refractivity contribution >= 4 is 12.0 Å². The molecule has 1 heterocycles. The van der Waals surface area contributed by atoms with Crippen LogP contribution in [0.5, 0.6) is 5.75 Å². The van der Waals surface area contributed by atoms with E-state index in [1.165, 1.54) is 6.26 Å². The molecule has 0 spiro atoms. The van der Waals surface area contributed by atoms with E-state index in [-0.39, 0.29) is 12.1 Å². The number of ether oxygens (including phenoxy) is 1. The van der Waals surface area contributed by atoms with Crippen molar-refractivity contribution in [1.82, 2.24) is 5.32 Å². The van der Waals surface area contributed by atoms with Crippen LogP contribution in [-0.4, -0.2) is 13.0 Å². The van der Waals surface area contributed by atoms with Crippen LogP contribution in [0.3, 0.4) is 0 Å². The molecule has 0 saturated carbocycles. The van der Waals surface area contributed by atoms with Gasteiger partial charge in [-0.2, -0.15) is 5.26 Å². The number of amides is 1. The van der Waals surface area contributed by atoms with Crippen molar-refractivity contribution in [1.29, 1.82) is 5.26 Å². The molecule has 1 aromatic carbocycles. The largest absolute Gasteiger partial charge is 0.496 e. The molecule has 0 bridgehead atoms. The van der Waals surface area contributed by atoms with Gasteiger partial charge in [-0.25, -0.2) is 0 Å². The van der Waals surface area contributed by atoms with Crippen molar-refractivity contribution in [2.24, 2.45) is 0 Å². The monoisotopic (exact) mass is 310 g/mol. The van der Waals surface area contributed by atoms with Crippen molar-refractivity contribution in [2.75, 3.05) is 7.11 Å². The Labute approximate surface area is 135 Å². The fourth-order valence-electron chi connectivity index (χ4n) is 2.16. The maximum Gasteiger partial charge on any atom is 0.262 e. The number of aryl methyl sites for hydroxylation is 1. The summed E-state index contributed by atoms with van der Waals surface area (Å²) in [7, 11) is 1.62. The summed E-state index contributed by atoms with van der Waals surface area (Å²) in [6.07, 6.45) is 3.90. The molecule has 1 aromatic heterocycles. The van der Waals surface area contributed by atoms with Crippen molar-refractivity contribution in [3.8, 4) is 11.8 Å². The predicted molar refractivity (Wildman–Crippen MR) is 86.5 cm³/mol. The Hall–Kier alpha value is -3.00. The summed E-state index contributed by atoms with van der Waals surface area (Å²) in [5.41, 5.74) is 1.85. The zero-order chi connectivity index (χ0) is 16.7. The minimum atomic E-state index is -0.433. The van der Waals surface area contributed by atoms with E-state index in [9.17, 15) is 10.1 Å². The third-order valence-corrected chi connectivity index (χ3v) is 3.36. The molecule has 5 heteroatoms. The Morgan fingerprint density at radius 2 is 2.26 bits per heavy atom. The Morgan fingerprint density at radius 1 is 1.43 bits per heavy atom. The van der Waals surface area contributed by atoms with Crippen molar-refractivity contribution in [3.05, 3.63) is 59.1 Å². The molecular formula is C18H18N2O3. The van der Waals surface area contributed by atoms with Gasteiger partial charge in [-0.3, -0.25) is 4.79 Å². The average Bonchev–Trinajstić information content (AvgIpc) is 3.10. The second-order valence-corrected chi connectivity index (χ2v) is 4.86. The third kappa shape index (κ3) is 4.24. The quantitative estimate of drug-likeness (QED) is 0.657. The van der Waals surface area contributed by atoms with E-state index in [0.29, 0.717) is 5.76 Å². The van der Waals surface area contributed by atoms with E-state index in [1.54, 1.807) is 25.3 Å². The highest BCUT2D eigenvalue weighted by Gasteiger charge is 2.10. The number of nitriles is 1. The van der Waals surface area contributed by atoms with Gasteiger partial charge in [0.2, 0.25) is 0 Å². The van der Waals surface area contributed by atoms with Gasteiger partial charge in [0.15, 0.2) is 0 Å². The van der Waals surface area contributed by atoms with Crippen LogP contribution in [0.4, 0.5) is 0 Å². The summed E-state index contributed by atoms with van der Waals surface area (Å²) in [5, 5.41) is 11.9. The number of rotatable bonds is 6. The SMILES string of the molecule is CCc1cc(/C=C(\C#N)C(=O)NCc2ccco2)ccc1OC. The summed E-state index contributed by atoms with van der Waals surface area (Å²) in [6, 6.07) is 11.0. The maximum absolute atomic E-state index is 12.1. The lowest BCUT2D eigenvalue weighted by Gasteiger charge is -2.08. The standard InChI is InChI=1S/C18H18N2O3/c1-3-14-9-13(6-7-17(14)22-2)10-15(11-19)18(21)20-12-16-5-4-8-23-16/h4-10H,3,12H2,1-2H3,(H,20,21)/b15-10+. The summed E-state index contributed by atoms with van der Waals surface area (Å²) in [5.74, 6) is 0.997. The van der Waals surface area contributed by atoms with Gasteiger partial charge in [-0.15, -0.1) is 0 Å². The number of carbonyl (C=O) groups excluding carboxylic acids is 1. The summed E-state index contributed by atoms with van der Waals surface area (Å²) < 4.78 is 10.4. The first-order valence-corrected chi connectivity index (χ1v) is 7.27. The number of nitrogens with zero attached hydrogens (tertiary/aromatic N) is 1. The lowest BCUT2D eigenvalue weighted by Crippen LogP contribution is -2.23. The molecule has 2 aromatic rings. The van der Waals surface area contributed by atoms with Gasteiger partial charge >= 0.3 is 0 Å². The van der Waals surface area contributed by atoms with Crippen LogP contribution < -0.4 is 10.1 Å². The molecule has 0 radical (unpaired) electrons. The number of furan rings is 1. The van der Waals surface area contributed by atoms with Gasteiger partial charge < -0.3 is 14.5 Å². The van der Waals surface area contributed by atoms with Crippen LogP contribution in [0.1, 0.15) is 23.8 Å². The number of carbonyl (C=O) groups is 1. The molecule has 0 fully saturated rings. The zero-order valence-corrected chi connectivity index (χ0v) is 13.1. The van der Waals surface area contributed by atoms with Crippen LogP contribution in [0.2, 0.25) is 0 Å². The van der Waals surface area contributed by atoms with Gasteiger partial charge in [0.05, 0.1) is 19.9 Å². The van der Waals surface area contributed by atoms with E-state index in [0.717, 1.165) is 23.3 Å². The van der Waals surface area contributed by atoms with Gasteiger partial charge in [0.25, 0.3) is 5.91 Å². The first kappa shape index (κ1) is 16.4. The summed E-state index contributed by atoms with van der Waals surface area (Å²) in [6.45, 7) is 2.26. The molecule has 2 rings (SSSR count). The molecule has 0 atom stereocenters. The van der Waals surface area contributed by atoms with E-state index in [1.807, 2.05) is 31.2 Å².